The monoisotopic (exact) mass is 294 g/mol. The van der Waals surface area contributed by atoms with E-state index in [0.717, 1.165) is 43.7 Å². The lowest BCUT2D eigenvalue weighted by molar-refractivity contribution is -0.127. The van der Waals surface area contributed by atoms with Gasteiger partial charge in [0.1, 0.15) is 0 Å². The first-order chi connectivity index (χ1) is 10.0. The lowest BCUT2D eigenvalue weighted by atomic mass is 9.75. The molecule has 2 unspecified atom stereocenters. The normalized spacial score (nSPS) is 29.3. The summed E-state index contributed by atoms with van der Waals surface area (Å²) in [4.78, 5) is 0. The number of aliphatic hydroxyl groups is 1. The number of aliphatic hydroxyl groups excluding tert-OH is 1. The molecule has 0 aliphatic heterocycles. The summed E-state index contributed by atoms with van der Waals surface area (Å²) in [5.41, 5.74) is 0.574. The standard InChI is InChI=1S/C17H30N2O2/c1-5-14(3)19-11-8-15(18-19)12-16(20)17(21-4)9-6-13(2)7-10-17/h8,11,13-14,16,20H,5-7,9-10,12H2,1-4H3. The molecule has 120 valence electrons. The highest BCUT2D eigenvalue weighted by atomic mass is 16.5. The summed E-state index contributed by atoms with van der Waals surface area (Å²) >= 11 is 0. The quantitative estimate of drug-likeness (QED) is 0.875. The van der Waals surface area contributed by atoms with Crippen LogP contribution in [0.4, 0.5) is 0 Å². The van der Waals surface area contributed by atoms with Crippen LogP contribution in [-0.2, 0) is 11.2 Å². The van der Waals surface area contributed by atoms with Crippen molar-refractivity contribution < 1.29 is 9.84 Å². The van der Waals surface area contributed by atoms with E-state index in [1.165, 1.54) is 0 Å². The molecule has 0 amide bonds. The number of hydrogen-bond donors (Lipinski definition) is 1. The van der Waals surface area contributed by atoms with Gasteiger partial charge in [0.25, 0.3) is 0 Å². The highest BCUT2D eigenvalue weighted by Gasteiger charge is 2.40. The van der Waals surface area contributed by atoms with E-state index in [1.54, 1.807) is 7.11 Å². The van der Waals surface area contributed by atoms with Gasteiger partial charge >= 0.3 is 0 Å². The Balaban J connectivity index is 2.02. The lowest BCUT2D eigenvalue weighted by Crippen LogP contribution is -2.48. The SMILES string of the molecule is CCC(C)n1ccc(CC(O)C2(OC)CCC(C)CC2)n1. The van der Waals surface area contributed by atoms with Crippen LogP contribution >= 0.6 is 0 Å². The van der Waals surface area contributed by atoms with Gasteiger partial charge in [-0.1, -0.05) is 13.8 Å². The van der Waals surface area contributed by atoms with E-state index in [9.17, 15) is 5.11 Å². The molecule has 2 atom stereocenters. The molecule has 0 spiro atoms. The number of aromatic nitrogens is 2. The van der Waals surface area contributed by atoms with Crippen molar-refractivity contribution in [3.05, 3.63) is 18.0 Å². The average molecular weight is 294 g/mol. The number of nitrogens with zero attached hydrogens (tertiary/aromatic N) is 2. The summed E-state index contributed by atoms with van der Waals surface area (Å²) in [7, 11) is 1.73. The molecule has 1 aliphatic rings. The van der Waals surface area contributed by atoms with E-state index in [1.807, 2.05) is 16.9 Å². The molecule has 2 rings (SSSR count). The van der Waals surface area contributed by atoms with Gasteiger partial charge in [-0.05, 0) is 51.0 Å². The molecule has 1 aromatic heterocycles. The Morgan fingerprint density at radius 1 is 1.48 bits per heavy atom. The van der Waals surface area contributed by atoms with E-state index in [2.05, 4.69) is 25.9 Å². The fourth-order valence-electron chi connectivity index (χ4n) is 3.23. The molecule has 1 saturated carbocycles. The number of methoxy groups -OCH3 is 1. The summed E-state index contributed by atoms with van der Waals surface area (Å²) in [5.74, 6) is 0.741. The van der Waals surface area contributed by atoms with E-state index >= 15 is 0 Å². The molecule has 0 radical (unpaired) electrons. The maximum absolute atomic E-state index is 10.7. The van der Waals surface area contributed by atoms with Crippen LogP contribution in [0.3, 0.4) is 0 Å². The van der Waals surface area contributed by atoms with Crippen LogP contribution in [0.5, 0.6) is 0 Å². The van der Waals surface area contributed by atoms with Crippen molar-refractivity contribution in [2.24, 2.45) is 5.92 Å². The second-order valence-corrected chi connectivity index (χ2v) is 6.72. The molecule has 0 saturated heterocycles. The van der Waals surface area contributed by atoms with Crippen LogP contribution in [0.2, 0.25) is 0 Å². The van der Waals surface area contributed by atoms with Crippen LogP contribution < -0.4 is 0 Å². The third-order valence-electron chi connectivity index (χ3n) is 5.24. The zero-order valence-corrected chi connectivity index (χ0v) is 13.9. The third kappa shape index (κ3) is 3.67. The smallest absolute Gasteiger partial charge is 0.0940 e. The van der Waals surface area contributed by atoms with E-state index in [0.29, 0.717) is 12.5 Å². The summed E-state index contributed by atoms with van der Waals surface area (Å²) in [6.07, 6.45) is 7.32. The molecule has 1 N–H and O–H groups in total. The molecule has 4 nitrogen and oxygen atoms in total. The third-order valence-corrected chi connectivity index (χ3v) is 5.24. The first kappa shape index (κ1) is 16.5. The van der Waals surface area contributed by atoms with Gasteiger partial charge in [-0.25, -0.2) is 0 Å². The summed E-state index contributed by atoms with van der Waals surface area (Å²) in [6, 6.07) is 2.42. The van der Waals surface area contributed by atoms with Crippen molar-refractivity contribution in [1.82, 2.24) is 9.78 Å². The molecule has 1 aliphatic carbocycles. The number of hydrogen-bond acceptors (Lipinski definition) is 3. The zero-order valence-electron chi connectivity index (χ0n) is 13.9. The van der Waals surface area contributed by atoms with E-state index < -0.39 is 6.10 Å². The predicted molar refractivity (Wildman–Crippen MR) is 84.3 cm³/mol. The van der Waals surface area contributed by atoms with Crippen molar-refractivity contribution in [3.8, 4) is 0 Å². The molecule has 1 heterocycles. The molecule has 21 heavy (non-hydrogen) atoms. The van der Waals surface area contributed by atoms with E-state index in [4.69, 9.17) is 4.74 Å². The summed E-state index contributed by atoms with van der Waals surface area (Å²) < 4.78 is 7.74. The van der Waals surface area contributed by atoms with Crippen LogP contribution in [0, 0.1) is 5.92 Å². The Morgan fingerprint density at radius 3 is 2.71 bits per heavy atom. The van der Waals surface area contributed by atoms with Crippen LogP contribution in [0.25, 0.3) is 0 Å². The topological polar surface area (TPSA) is 47.3 Å². The molecular weight excluding hydrogens is 264 g/mol. The van der Waals surface area contributed by atoms with Crippen molar-refractivity contribution in [2.45, 2.75) is 77.0 Å². The maximum Gasteiger partial charge on any atom is 0.0940 e. The molecule has 0 aromatic carbocycles. The van der Waals surface area contributed by atoms with Crippen LogP contribution in [0.15, 0.2) is 12.3 Å². The van der Waals surface area contributed by atoms with Gasteiger partial charge in [0.05, 0.1) is 17.4 Å². The Hall–Kier alpha value is -0.870. The minimum atomic E-state index is -0.477. The van der Waals surface area contributed by atoms with Gasteiger partial charge < -0.3 is 9.84 Å². The van der Waals surface area contributed by atoms with Crippen molar-refractivity contribution in [1.29, 1.82) is 0 Å². The van der Waals surface area contributed by atoms with Gasteiger partial charge in [-0.2, -0.15) is 5.10 Å². The molecule has 4 heteroatoms. The summed E-state index contributed by atoms with van der Waals surface area (Å²) in [6.45, 7) is 6.59. The maximum atomic E-state index is 10.7. The Labute approximate surface area is 128 Å². The number of ether oxygens (including phenoxy) is 1. The molecule has 0 bridgehead atoms. The first-order valence-electron chi connectivity index (χ1n) is 8.28. The average Bonchev–Trinajstić information content (AvgIpc) is 2.96. The summed E-state index contributed by atoms with van der Waals surface area (Å²) in [5, 5.41) is 15.3. The number of rotatable bonds is 6. The highest BCUT2D eigenvalue weighted by Crippen LogP contribution is 2.37. The van der Waals surface area contributed by atoms with Crippen LogP contribution in [-0.4, -0.2) is 33.7 Å². The Kier molecular flexibility index (Phi) is 5.44. The molecule has 1 fully saturated rings. The van der Waals surface area contributed by atoms with Gasteiger partial charge in [0, 0.05) is 25.8 Å². The van der Waals surface area contributed by atoms with Gasteiger partial charge in [0.15, 0.2) is 0 Å². The minimum absolute atomic E-state index is 0.382. The fourth-order valence-corrected chi connectivity index (χ4v) is 3.23. The zero-order chi connectivity index (χ0) is 15.5. The molecule has 1 aromatic rings. The van der Waals surface area contributed by atoms with Crippen molar-refractivity contribution in [2.75, 3.05) is 7.11 Å². The fraction of sp³-hybridized carbons (Fsp3) is 0.824. The lowest BCUT2D eigenvalue weighted by Gasteiger charge is -2.41. The Bertz CT molecular complexity index is 436. The first-order valence-corrected chi connectivity index (χ1v) is 8.28. The second-order valence-electron chi connectivity index (χ2n) is 6.72. The van der Waals surface area contributed by atoms with Gasteiger partial charge in [-0.3, -0.25) is 4.68 Å². The second kappa shape index (κ2) is 6.93. The predicted octanol–water partition coefficient (Wildman–Crippen LogP) is 3.35. The van der Waals surface area contributed by atoms with E-state index in [-0.39, 0.29) is 5.60 Å². The van der Waals surface area contributed by atoms with Gasteiger partial charge in [-0.15, -0.1) is 0 Å². The minimum Gasteiger partial charge on any atom is -0.390 e. The van der Waals surface area contributed by atoms with Gasteiger partial charge in [0.2, 0.25) is 0 Å². The van der Waals surface area contributed by atoms with Crippen molar-refractivity contribution >= 4 is 0 Å². The largest absolute Gasteiger partial charge is 0.390 e. The highest BCUT2D eigenvalue weighted by molar-refractivity contribution is 5.05. The van der Waals surface area contributed by atoms with Crippen molar-refractivity contribution in [3.63, 3.8) is 0 Å². The van der Waals surface area contributed by atoms with Crippen LogP contribution in [0.1, 0.15) is 64.6 Å². The molecular formula is C17H30N2O2. The Morgan fingerprint density at radius 2 is 2.14 bits per heavy atom.